The van der Waals surface area contributed by atoms with E-state index in [0.717, 1.165) is 17.7 Å². The van der Waals surface area contributed by atoms with Gasteiger partial charge in [-0.2, -0.15) is 4.31 Å². The standard InChI is InChI=1S/C23H28BrN3O3S/c1-15-6-5-7-20(10-15)26-9-8-25(14-17(26)3)31(29,30)23-13-22-19(12-21(23)24)11-16(2)27(22)18(4)28/h5-7,10,12-13,16-17H,8-9,11,14H2,1-4H3/t16-,17+/m1/s1. The summed E-state index contributed by atoms with van der Waals surface area (Å²) in [5.41, 5.74) is 4.00. The number of anilines is 2. The molecular formula is C23H28BrN3O3S. The van der Waals surface area contributed by atoms with Crippen LogP contribution in [0, 0.1) is 6.92 Å². The molecule has 2 aromatic carbocycles. The smallest absolute Gasteiger partial charge is 0.244 e. The van der Waals surface area contributed by atoms with Crippen molar-refractivity contribution >= 4 is 43.2 Å². The van der Waals surface area contributed by atoms with Gasteiger partial charge in [0.2, 0.25) is 15.9 Å². The first kappa shape index (κ1) is 22.3. The lowest BCUT2D eigenvalue weighted by Crippen LogP contribution is -2.53. The monoisotopic (exact) mass is 505 g/mol. The summed E-state index contributed by atoms with van der Waals surface area (Å²) >= 11 is 3.48. The van der Waals surface area contributed by atoms with Crippen LogP contribution in [0.25, 0.3) is 0 Å². The number of rotatable bonds is 3. The van der Waals surface area contributed by atoms with E-state index in [1.54, 1.807) is 15.3 Å². The molecule has 2 aliphatic rings. The third-order valence-corrected chi connectivity index (χ3v) is 9.05. The van der Waals surface area contributed by atoms with E-state index in [9.17, 15) is 13.2 Å². The average molecular weight is 506 g/mol. The van der Waals surface area contributed by atoms with Gasteiger partial charge in [0.05, 0.1) is 4.90 Å². The number of fused-ring (bicyclic) bond motifs is 1. The van der Waals surface area contributed by atoms with Gasteiger partial charge in [-0.3, -0.25) is 4.79 Å². The maximum atomic E-state index is 13.6. The summed E-state index contributed by atoms with van der Waals surface area (Å²) in [5.74, 6) is -0.0719. The van der Waals surface area contributed by atoms with Crippen LogP contribution < -0.4 is 9.80 Å². The molecule has 2 aromatic rings. The quantitative estimate of drug-likeness (QED) is 0.633. The third-order valence-electron chi connectivity index (χ3n) is 6.23. The van der Waals surface area contributed by atoms with Gasteiger partial charge in [-0.15, -0.1) is 0 Å². The molecular weight excluding hydrogens is 478 g/mol. The lowest BCUT2D eigenvalue weighted by molar-refractivity contribution is -0.116. The van der Waals surface area contributed by atoms with Crippen molar-refractivity contribution in [1.29, 1.82) is 0 Å². The molecule has 0 radical (unpaired) electrons. The first-order chi connectivity index (χ1) is 14.6. The Morgan fingerprint density at radius 1 is 1.10 bits per heavy atom. The number of piperazine rings is 1. The zero-order valence-electron chi connectivity index (χ0n) is 18.3. The van der Waals surface area contributed by atoms with Gasteiger partial charge in [-0.05, 0) is 78.5 Å². The summed E-state index contributed by atoms with van der Waals surface area (Å²) < 4.78 is 29.3. The molecule has 0 aliphatic carbocycles. The largest absolute Gasteiger partial charge is 0.366 e. The highest BCUT2D eigenvalue weighted by Gasteiger charge is 2.36. The van der Waals surface area contributed by atoms with Crippen molar-refractivity contribution in [2.75, 3.05) is 29.4 Å². The average Bonchev–Trinajstić information content (AvgIpc) is 3.01. The molecule has 31 heavy (non-hydrogen) atoms. The number of halogens is 1. The summed E-state index contributed by atoms with van der Waals surface area (Å²) in [7, 11) is -3.71. The molecule has 6 nitrogen and oxygen atoms in total. The number of aryl methyl sites for hydroxylation is 1. The van der Waals surface area contributed by atoms with Gasteiger partial charge in [-0.1, -0.05) is 12.1 Å². The molecule has 1 amide bonds. The van der Waals surface area contributed by atoms with Crippen molar-refractivity contribution in [3.8, 4) is 0 Å². The van der Waals surface area contributed by atoms with E-state index in [1.807, 2.05) is 19.1 Å². The Morgan fingerprint density at radius 2 is 1.84 bits per heavy atom. The zero-order valence-corrected chi connectivity index (χ0v) is 20.7. The predicted octanol–water partition coefficient (Wildman–Crippen LogP) is 3.95. The van der Waals surface area contributed by atoms with Crippen molar-refractivity contribution in [3.63, 3.8) is 0 Å². The third kappa shape index (κ3) is 4.01. The lowest BCUT2D eigenvalue weighted by Gasteiger charge is -2.40. The van der Waals surface area contributed by atoms with Gasteiger partial charge in [0.1, 0.15) is 0 Å². The van der Waals surface area contributed by atoms with Crippen molar-refractivity contribution < 1.29 is 13.2 Å². The number of benzene rings is 2. The van der Waals surface area contributed by atoms with Gasteiger partial charge >= 0.3 is 0 Å². The minimum Gasteiger partial charge on any atom is -0.366 e. The Labute approximate surface area is 193 Å². The molecule has 1 fully saturated rings. The molecule has 0 unspecified atom stereocenters. The molecule has 0 bridgehead atoms. The van der Waals surface area contributed by atoms with Gasteiger partial charge < -0.3 is 9.80 Å². The number of carbonyl (C=O) groups excluding carboxylic acids is 1. The summed E-state index contributed by atoms with van der Waals surface area (Å²) in [6.45, 7) is 9.07. The molecule has 1 saturated heterocycles. The molecule has 2 atom stereocenters. The molecule has 2 aliphatic heterocycles. The summed E-state index contributed by atoms with van der Waals surface area (Å²) in [5, 5.41) is 0. The van der Waals surface area contributed by atoms with E-state index < -0.39 is 10.0 Å². The number of nitrogens with zero attached hydrogens (tertiary/aromatic N) is 3. The van der Waals surface area contributed by atoms with Crippen molar-refractivity contribution in [2.24, 2.45) is 0 Å². The zero-order chi connectivity index (χ0) is 22.5. The number of sulfonamides is 1. The Hall–Kier alpha value is -1.90. The van der Waals surface area contributed by atoms with Crippen molar-refractivity contribution in [1.82, 2.24) is 4.31 Å². The van der Waals surface area contributed by atoms with Crippen LogP contribution >= 0.6 is 15.9 Å². The molecule has 2 heterocycles. The number of amides is 1. The maximum absolute atomic E-state index is 13.6. The highest BCUT2D eigenvalue weighted by atomic mass is 79.9. The van der Waals surface area contributed by atoms with Gasteiger partial charge in [-0.25, -0.2) is 8.42 Å². The Balaban J connectivity index is 1.62. The predicted molar refractivity (Wildman–Crippen MR) is 127 cm³/mol. The molecule has 4 rings (SSSR count). The summed E-state index contributed by atoms with van der Waals surface area (Å²) in [4.78, 5) is 16.3. The summed E-state index contributed by atoms with van der Waals surface area (Å²) in [6.07, 6.45) is 0.722. The van der Waals surface area contributed by atoms with E-state index in [1.165, 1.54) is 12.5 Å². The van der Waals surface area contributed by atoms with Gasteiger partial charge in [0.15, 0.2) is 0 Å². The van der Waals surface area contributed by atoms with Crippen LogP contribution in [0.15, 0.2) is 45.8 Å². The van der Waals surface area contributed by atoms with Crippen molar-refractivity contribution in [3.05, 3.63) is 52.0 Å². The Bertz CT molecular complexity index is 1130. The highest BCUT2D eigenvalue weighted by Crippen LogP contribution is 2.39. The van der Waals surface area contributed by atoms with Crippen LogP contribution in [0.4, 0.5) is 11.4 Å². The molecule has 0 spiro atoms. The van der Waals surface area contributed by atoms with E-state index in [4.69, 9.17) is 0 Å². The topological polar surface area (TPSA) is 60.9 Å². The van der Waals surface area contributed by atoms with Crippen LogP contribution in [0.2, 0.25) is 0 Å². The van der Waals surface area contributed by atoms with E-state index >= 15 is 0 Å². The fourth-order valence-corrected chi connectivity index (χ4v) is 7.35. The summed E-state index contributed by atoms with van der Waals surface area (Å²) in [6, 6.07) is 11.9. The van der Waals surface area contributed by atoms with Crippen LogP contribution in [0.1, 0.15) is 31.9 Å². The first-order valence-electron chi connectivity index (χ1n) is 10.5. The van der Waals surface area contributed by atoms with E-state index in [0.29, 0.717) is 29.8 Å². The second kappa shape index (κ2) is 8.22. The lowest BCUT2D eigenvalue weighted by atomic mass is 10.1. The SMILES string of the molecule is CC(=O)N1c2cc(S(=O)(=O)N3CCN(c4cccc(C)c4)[C@@H](C)C3)c(Br)cc2C[C@H]1C. The Morgan fingerprint density at radius 3 is 2.48 bits per heavy atom. The minimum atomic E-state index is -3.71. The van der Waals surface area contributed by atoms with Gasteiger partial charge in [0.25, 0.3) is 0 Å². The highest BCUT2D eigenvalue weighted by molar-refractivity contribution is 9.10. The normalized spacial score (nSPS) is 22.0. The van der Waals surface area contributed by atoms with E-state index in [2.05, 4.69) is 52.9 Å². The second-order valence-electron chi connectivity index (χ2n) is 8.60. The molecule has 0 saturated carbocycles. The molecule has 0 aromatic heterocycles. The first-order valence-corrected chi connectivity index (χ1v) is 12.8. The van der Waals surface area contributed by atoms with E-state index in [-0.39, 0.29) is 22.9 Å². The second-order valence-corrected chi connectivity index (χ2v) is 11.4. The Kier molecular flexibility index (Phi) is 5.91. The number of hydrogen-bond acceptors (Lipinski definition) is 4. The maximum Gasteiger partial charge on any atom is 0.244 e. The van der Waals surface area contributed by atoms with Crippen molar-refractivity contribution in [2.45, 2.75) is 51.1 Å². The fraction of sp³-hybridized carbons (Fsp3) is 0.435. The van der Waals surface area contributed by atoms with Crippen LogP contribution in [-0.2, 0) is 21.2 Å². The minimum absolute atomic E-state index is 0.0234. The molecule has 0 N–H and O–H groups in total. The van der Waals surface area contributed by atoms with Gasteiger partial charge in [0, 0.05) is 54.5 Å². The van der Waals surface area contributed by atoms with Crippen LogP contribution in [-0.4, -0.2) is 50.3 Å². The number of carbonyl (C=O) groups is 1. The molecule has 166 valence electrons. The fourth-order valence-electron chi connectivity index (χ4n) is 4.77. The number of hydrogen-bond donors (Lipinski definition) is 0. The van der Waals surface area contributed by atoms with Crippen LogP contribution in [0.3, 0.4) is 0 Å². The molecule has 8 heteroatoms. The van der Waals surface area contributed by atoms with Crippen LogP contribution in [0.5, 0.6) is 0 Å².